The minimum absolute atomic E-state index is 0.00336. The van der Waals surface area contributed by atoms with Gasteiger partial charge in [-0.15, -0.1) is 0 Å². The maximum Gasteiger partial charge on any atom is 0.246 e. The number of carbonyl (C=O) groups excluding carboxylic acids is 2. The number of aromatic nitrogens is 2. The van der Waals surface area contributed by atoms with E-state index in [1.54, 1.807) is 0 Å². The molecule has 26 heavy (non-hydrogen) atoms. The minimum Gasteiger partial charge on any atom is -0.330 e. The van der Waals surface area contributed by atoms with Gasteiger partial charge in [-0.25, -0.2) is 0 Å². The number of hydrogen-bond donors (Lipinski definition) is 2. The van der Waals surface area contributed by atoms with Crippen molar-refractivity contribution in [3.8, 4) is 11.3 Å². The van der Waals surface area contributed by atoms with Crippen LogP contribution in [0.2, 0.25) is 0 Å². The minimum atomic E-state index is -0.250. The van der Waals surface area contributed by atoms with Gasteiger partial charge in [-0.3, -0.25) is 14.7 Å². The number of anilines is 1. The number of carbonyl (C=O) groups is 2. The Balaban J connectivity index is 1.73. The van der Waals surface area contributed by atoms with E-state index in [-0.39, 0.29) is 18.4 Å². The zero-order valence-corrected chi connectivity index (χ0v) is 15.0. The SMILES string of the molecule is C=CC(=O)N(CC)CC(=O)Nc1cccc(-c2n[nH]c3c2CCCC3)c1. The highest BCUT2D eigenvalue weighted by Crippen LogP contribution is 2.30. The molecule has 0 radical (unpaired) electrons. The number of hydrogen-bond acceptors (Lipinski definition) is 3. The molecule has 1 heterocycles. The summed E-state index contributed by atoms with van der Waals surface area (Å²) in [5.41, 5.74) is 5.15. The molecule has 2 N–H and O–H groups in total. The number of fused-ring (bicyclic) bond motifs is 1. The summed E-state index contributed by atoms with van der Waals surface area (Å²) in [6.07, 6.45) is 5.68. The first-order valence-corrected chi connectivity index (χ1v) is 9.00. The highest BCUT2D eigenvalue weighted by atomic mass is 16.2. The van der Waals surface area contributed by atoms with Crippen molar-refractivity contribution < 1.29 is 9.59 Å². The van der Waals surface area contributed by atoms with Crippen LogP contribution in [0.25, 0.3) is 11.3 Å². The van der Waals surface area contributed by atoms with E-state index < -0.39 is 0 Å². The zero-order valence-electron chi connectivity index (χ0n) is 15.0. The normalized spacial score (nSPS) is 13.0. The van der Waals surface area contributed by atoms with Gasteiger partial charge < -0.3 is 10.2 Å². The van der Waals surface area contributed by atoms with Crippen molar-refractivity contribution in [3.05, 3.63) is 48.2 Å². The van der Waals surface area contributed by atoms with E-state index in [0.29, 0.717) is 12.2 Å². The Morgan fingerprint density at radius 3 is 2.92 bits per heavy atom. The molecule has 0 bridgehead atoms. The van der Waals surface area contributed by atoms with Gasteiger partial charge in [0.15, 0.2) is 0 Å². The molecule has 0 atom stereocenters. The molecule has 0 aliphatic heterocycles. The maximum atomic E-state index is 12.3. The van der Waals surface area contributed by atoms with Crippen LogP contribution in [-0.4, -0.2) is 40.0 Å². The lowest BCUT2D eigenvalue weighted by molar-refractivity contribution is -0.130. The number of nitrogens with one attached hydrogen (secondary N) is 2. The molecule has 6 heteroatoms. The Morgan fingerprint density at radius 2 is 2.15 bits per heavy atom. The van der Waals surface area contributed by atoms with Crippen molar-refractivity contribution in [1.82, 2.24) is 15.1 Å². The van der Waals surface area contributed by atoms with E-state index >= 15 is 0 Å². The average Bonchev–Trinajstić information content (AvgIpc) is 3.10. The number of aryl methyl sites for hydroxylation is 1. The monoisotopic (exact) mass is 352 g/mol. The van der Waals surface area contributed by atoms with Gasteiger partial charge in [0.25, 0.3) is 0 Å². The Kier molecular flexibility index (Phi) is 5.51. The molecule has 2 aromatic rings. The van der Waals surface area contributed by atoms with E-state index in [0.717, 1.165) is 24.1 Å². The summed E-state index contributed by atoms with van der Waals surface area (Å²) in [5.74, 6) is -0.484. The number of aromatic amines is 1. The Morgan fingerprint density at radius 1 is 1.35 bits per heavy atom. The third kappa shape index (κ3) is 3.85. The number of H-pyrrole nitrogens is 1. The highest BCUT2D eigenvalue weighted by molar-refractivity contribution is 5.96. The second-order valence-electron chi connectivity index (χ2n) is 6.42. The fraction of sp³-hybridized carbons (Fsp3) is 0.350. The molecule has 1 aliphatic carbocycles. The molecule has 1 aromatic heterocycles. The molecule has 1 aliphatic rings. The van der Waals surface area contributed by atoms with Crippen molar-refractivity contribution in [1.29, 1.82) is 0 Å². The second kappa shape index (κ2) is 7.99. The first-order valence-electron chi connectivity index (χ1n) is 9.00. The summed E-state index contributed by atoms with van der Waals surface area (Å²) in [6.45, 7) is 5.75. The Labute approximate surface area is 153 Å². The van der Waals surface area contributed by atoms with E-state index in [4.69, 9.17) is 0 Å². The molecule has 6 nitrogen and oxygen atoms in total. The van der Waals surface area contributed by atoms with Crippen LogP contribution >= 0.6 is 0 Å². The zero-order chi connectivity index (χ0) is 18.5. The summed E-state index contributed by atoms with van der Waals surface area (Å²) in [6, 6.07) is 7.67. The van der Waals surface area contributed by atoms with Crippen LogP contribution in [0.3, 0.4) is 0 Å². The molecule has 0 fully saturated rings. The predicted octanol–water partition coefficient (Wildman–Crippen LogP) is 2.93. The summed E-state index contributed by atoms with van der Waals surface area (Å²) >= 11 is 0. The second-order valence-corrected chi connectivity index (χ2v) is 6.42. The summed E-state index contributed by atoms with van der Waals surface area (Å²) in [7, 11) is 0. The number of nitrogens with zero attached hydrogens (tertiary/aromatic N) is 2. The first-order chi connectivity index (χ1) is 12.6. The standard InChI is InChI=1S/C20H24N4O2/c1-3-19(26)24(4-2)13-18(25)21-15-9-7-8-14(12-15)20-16-10-5-6-11-17(16)22-23-20/h3,7-9,12H,1,4-6,10-11,13H2,2H3,(H,21,25)(H,22,23). The van der Waals surface area contributed by atoms with Gasteiger partial charge in [0.2, 0.25) is 11.8 Å². The fourth-order valence-corrected chi connectivity index (χ4v) is 3.31. The maximum absolute atomic E-state index is 12.3. The summed E-state index contributed by atoms with van der Waals surface area (Å²) in [5, 5.41) is 10.5. The lowest BCUT2D eigenvalue weighted by Gasteiger charge is -2.18. The largest absolute Gasteiger partial charge is 0.330 e. The van der Waals surface area contributed by atoms with Crippen LogP contribution in [0.5, 0.6) is 0 Å². The molecular formula is C20H24N4O2. The highest BCUT2D eigenvalue weighted by Gasteiger charge is 2.18. The quantitative estimate of drug-likeness (QED) is 0.785. The van der Waals surface area contributed by atoms with Crippen molar-refractivity contribution >= 4 is 17.5 Å². The Hall–Kier alpha value is -2.89. The van der Waals surface area contributed by atoms with Crippen molar-refractivity contribution in [2.45, 2.75) is 32.6 Å². The van der Waals surface area contributed by atoms with Crippen LogP contribution in [-0.2, 0) is 22.4 Å². The molecule has 0 spiro atoms. The van der Waals surface area contributed by atoms with Crippen molar-refractivity contribution in [2.24, 2.45) is 0 Å². The predicted molar refractivity (Wildman–Crippen MR) is 102 cm³/mol. The van der Waals surface area contributed by atoms with Crippen LogP contribution in [0.1, 0.15) is 31.0 Å². The van der Waals surface area contributed by atoms with E-state index in [1.165, 1.54) is 35.1 Å². The van der Waals surface area contributed by atoms with Crippen LogP contribution < -0.4 is 5.32 Å². The lowest BCUT2D eigenvalue weighted by Crippen LogP contribution is -2.36. The molecule has 3 rings (SSSR count). The lowest BCUT2D eigenvalue weighted by atomic mass is 9.93. The number of amides is 2. The van der Waals surface area contributed by atoms with Crippen molar-refractivity contribution in [2.75, 3.05) is 18.4 Å². The molecule has 2 amide bonds. The molecule has 0 saturated heterocycles. The number of rotatable bonds is 6. The third-order valence-electron chi connectivity index (χ3n) is 4.68. The van der Waals surface area contributed by atoms with Gasteiger partial charge in [-0.1, -0.05) is 18.7 Å². The van der Waals surface area contributed by atoms with Crippen LogP contribution in [0, 0.1) is 0 Å². The van der Waals surface area contributed by atoms with E-state index in [9.17, 15) is 9.59 Å². The fourth-order valence-electron chi connectivity index (χ4n) is 3.31. The molecular weight excluding hydrogens is 328 g/mol. The Bertz CT molecular complexity index is 825. The van der Waals surface area contributed by atoms with Crippen LogP contribution in [0.15, 0.2) is 36.9 Å². The molecule has 1 aromatic carbocycles. The molecule has 136 valence electrons. The molecule has 0 saturated carbocycles. The van der Waals surface area contributed by atoms with Gasteiger partial charge in [-0.2, -0.15) is 5.10 Å². The number of likely N-dealkylation sites (N-methyl/N-ethyl adjacent to an activating group) is 1. The van der Waals surface area contributed by atoms with Crippen molar-refractivity contribution in [3.63, 3.8) is 0 Å². The van der Waals surface area contributed by atoms with Gasteiger partial charge in [0.05, 0.1) is 5.69 Å². The first kappa shape index (κ1) is 17.9. The third-order valence-corrected chi connectivity index (χ3v) is 4.68. The van der Waals surface area contributed by atoms with Gasteiger partial charge in [0, 0.05) is 29.1 Å². The number of benzene rings is 1. The van der Waals surface area contributed by atoms with Gasteiger partial charge in [-0.05, 0) is 50.8 Å². The summed E-state index contributed by atoms with van der Waals surface area (Å²) < 4.78 is 0. The molecule has 0 unspecified atom stereocenters. The average molecular weight is 352 g/mol. The topological polar surface area (TPSA) is 78.1 Å². The van der Waals surface area contributed by atoms with Gasteiger partial charge in [0.1, 0.15) is 6.54 Å². The van der Waals surface area contributed by atoms with Gasteiger partial charge >= 0.3 is 0 Å². The van der Waals surface area contributed by atoms with Crippen LogP contribution in [0.4, 0.5) is 5.69 Å². The summed E-state index contributed by atoms with van der Waals surface area (Å²) in [4.78, 5) is 25.4. The van der Waals surface area contributed by atoms with E-state index in [2.05, 4.69) is 22.1 Å². The van der Waals surface area contributed by atoms with E-state index in [1.807, 2.05) is 31.2 Å². The smallest absolute Gasteiger partial charge is 0.246 e.